The number of nitrogens with one attached hydrogen (secondary N) is 3. The Bertz CT molecular complexity index is 735. The van der Waals surface area contributed by atoms with Crippen LogP contribution in [0, 0.1) is 0 Å². The number of carbonyl (C=O) groups excluding carboxylic acids is 1. The van der Waals surface area contributed by atoms with Crippen LogP contribution in [0.15, 0.2) is 53.5 Å². The van der Waals surface area contributed by atoms with Crippen LogP contribution in [-0.4, -0.2) is 32.5 Å². The number of guanidine groups is 1. The van der Waals surface area contributed by atoms with E-state index in [2.05, 4.69) is 20.9 Å². The summed E-state index contributed by atoms with van der Waals surface area (Å²) in [7, 11) is 3.37. The van der Waals surface area contributed by atoms with Gasteiger partial charge in [-0.05, 0) is 41.8 Å². The Labute approximate surface area is 176 Å². The van der Waals surface area contributed by atoms with Gasteiger partial charge in [-0.15, -0.1) is 24.0 Å². The number of hydrogen-bond acceptors (Lipinski definition) is 2. The number of aliphatic imine (C=N–C) groups is 1. The summed E-state index contributed by atoms with van der Waals surface area (Å²) in [5.41, 5.74) is 2.90. The molecule has 0 aromatic heterocycles. The third-order valence-electron chi connectivity index (χ3n) is 3.72. The summed E-state index contributed by atoms with van der Waals surface area (Å²) in [4.78, 5) is 15.9. The number of halogens is 2. The second kappa shape index (κ2) is 11.7. The lowest BCUT2D eigenvalue weighted by Crippen LogP contribution is -2.37. The fourth-order valence-electron chi connectivity index (χ4n) is 2.35. The maximum absolute atomic E-state index is 11.7. The predicted octanol–water partition coefficient (Wildman–Crippen LogP) is 3.23. The van der Waals surface area contributed by atoms with Crippen molar-refractivity contribution < 1.29 is 4.79 Å². The zero-order chi connectivity index (χ0) is 18.1. The highest BCUT2D eigenvalue weighted by molar-refractivity contribution is 14.0. The van der Waals surface area contributed by atoms with Crippen LogP contribution in [0.3, 0.4) is 0 Å². The van der Waals surface area contributed by atoms with Crippen LogP contribution in [0.5, 0.6) is 0 Å². The third kappa shape index (κ3) is 7.21. The first-order valence-corrected chi connectivity index (χ1v) is 8.50. The highest BCUT2D eigenvalue weighted by Gasteiger charge is 2.04. The average molecular weight is 487 g/mol. The molecule has 0 unspecified atom stereocenters. The topological polar surface area (TPSA) is 65.5 Å². The van der Waals surface area contributed by atoms with Crippen molar-refractivity contribution in [2.45, 2.75) is 13.0 Å². The monoisotopic (exact) mass is 486 g/mol. The standard InChI is InChI=1S/C19H23ClN4O.HI/c1-21-18(25)16-5-3-4-14(12-16)10-11-23-19(22-2)24-13-15-6-8-17(20)9-7-15;/h3-9,12H,10-11,13H2,1-2H3,(H,21,25)(H2,22,23,24);1H. The number of rotatable bonds is 6. The second-order valence-electron chi connectivity index (χ2n) is 5.51. The van der Waals surface area contributed by atoms with Crippen molar-refractivity contribution in [3.8, 4) is 0 Å². The molecule has 0 radical (unpaired) electrons. The van der Waals surface area contributed by atoms with E-state index in [4.69, 9.17) is 11.6 Å². The lowest BCUT2D eigenvalue weighted by Gasteiger charge is -2.12. The van der Waals surface area contributed by atoms with Crippen molar-refractivity contribution in [1.29, 1.82) is 0 Å². The molecule has 0 saturated carbocycles. The van der Waals surface area contributed by atoms with Crippen molar-refractivity contribution in [2.75, 3.05) is 20.6 Å². The molecule has 2 aromatic carbocycles. The quantitative estimate of drug-likeness (QED) is 0.334. The fraction of sp³-hybridized carbons (Fsp3) is 0.263. The Hall–Kier alpha value is -1.80. The largest absolute Gasteiger partial charge is 0.356 e. The Kier molecular flexibility index (Phi) is 10.0. The zero-order valence-corrected chi connectivity index (χ0v) is 18.0. The highest BCUT2D eigenvalue weighted by Crippen LogP contribution is 2.09. The molecule has 1 amide bonds. The van der Waals surface area contributed by atoms with E-state index in [9.17, 15) is 4.79 Å². The number of nitrogens with zero attached hydrogens (tertiary/aromatic N) is 1. The van der Waals surface area contributed by atoms with Gasteiger partial charge in [0.25, 0.3) is 5.91 Å². The Balaban J connectivity index is 0.00000338. The molecule has 140 valence electrons. The van der Waals surface area contributed by atoms with E-state index in [1.165, 1.54) is 0 Å². The minimum absolute atomic E-state index is 0. The number of hydrogen-bond donors (Lipinski definition) is 3. The molecule has 2 rings (SSSR count). The molecule has 5 nitrogen and oxygen atoms in total. The first-order chi connectivity index (χ1) is 12.1. The molecule has 0 heterocycles. The van der Waals surface area contributed by atoms with Crippen LogP contribution in [0.4, 0.5) is 0 Å². The number of benzene rings is 2. The SMILES string of the molecule is CN=C(NCCc1cccc(C(=O)NC)c1)NCc1ccc(Cl)cc1.I. The van der Waals surface area contributed by atoms with Crippen LogP contribution in [0.25, 0.3) is 0 Å². The second-order valence-corrected chi connectivity index (χ2v) is 5.94. The summed E-state index contributed by atoms with van der Waals surface area (Å²) in [5, 5.41) is 9.90. The van der Waals surface area contributed by atoms with E-state index in [1.54, 1.807) is 14.1 Å². The summed E-state index contributed by atoms with van der Waals surface area (Å²) >= 11 is 5.89. The van der Waals surface area contributed by atoms with Crippen LogP contribution in [0.2, 0.25) is 5.02 Å². The molecule has 7 heteroatoms. The molecule has 0 saturated heterocycles. The maximum atomic E-state index is 11.7. The Morgan fingerprint density at radius 3 is 2.46 bits per heavy atom. The van der Waals surface area contributed by atoms with Crippen LogP contribution in [0.1, 0.15) is 21.5 Å². The van der Waals surface area contributed by atoms with Gasteiger partial charge >= 0.3 is 0 Å². The summed E-state index contributed by atoms with van der Waals surface area (Å²) in [5.74, 6) is 0.660. The van der Waals surface area contributed by atoms with E-state index in [0.717, 1.165) is 35.1 Å². The van der Waals surface area contributed by atoms with Gasteiger partial charge in [0.15, 0.2) is 5.96 Å². The molecule has 2 aromatic rings. The molecule has 0 spiro atoms. The van der Waals surface area contributed by atoms with Crippen molar-refractivity contribution in [1.82, 2.24) is 16.0 Å². The maximum Gasteiger partial charge on any atom is 0.251 e. The van der Waals surface area contributed by atoms with Gasteiger partial charge in [0.05, 0.1) is 0 Å². The Morgan fingerprint density at radius 2 is 1.81 bits per heavy atom. The van der Waals surface area contributed by atoms with Crippen molar-refractivity contribution >= 4 is 47.4 Å². The number of amides is 1. The Morgan fingerprint density at radius 1 is 1.08 bits per heavy atom. The van der Waals surface area contributed by atoms with E-state index in [-0.39, 0.29) is 29.9 Å². The highest BCUT2D eigenvalue weighted by atomic mass is 127. The summed E-state index contributed by atoms with van der Waals surface area (Å²) in [6.07, 6.45) is 0.798. The van der Waals surface area contributed by atoms with Gasteiger partial charge in [0.1, 0.15) is 0 Å². The molecule has 0 aliphatic carbocycles. The van der Waals surface area contributed by atoms with E-state index >= 15 is 0 Å². The molecule has 0 aliphatic heterocycles. The first-order valence-electron chi connectivity index (χ1n) is 8.12. The lowest BCUT2D eigenvalue weighted by atomic mass is 10.1. The molecule has 0 bridgehead atoms. The molecule has 0 atom stereocenters. The summed E-state index contributed by atoms with van der Waals surface area (Å²) in [6, 6.07) is 15.3. The van der Waals surface area contributed by atoms with E-state index < -0.39 is 0 Å². The van der Waals surface area contributed by atoms with E-state index in [0.29, 0.717) is 12.1 Å². The summed E-state index contributed by atoms with van der Waals surface area (Å²) < 4.78 is 0. The normalized spacial score (nSPS) is 10.7. The molecule has 0 aliphatic rings. The molecular weight excluding hydrogens is 463 g/mol. The van der Waals surface area contributed by atoms with Crippen LogP contribution < -0.4 is 16.0 Å². The lowest BCUT2D eigenvalue weighted by molar-refractivity contribution is 0.0963. The molecule has 26 heavy (non-hydrogen) atoms. The van der Waals surface area contributed by atoms with Gasteiger partial charge in [-0.25, -0.2) is 0 Å². The minimum Gasteiger partial charge on any atom is -0.356 e. The number of carbonyl (C=O) groups is 1. The van der Waals surface area contributed by atoms with Crippen molar-refractivity contribution in [2.24, 2.45) is 4.99 Å². The predicted molar refractivity (Wildman–Crippen MR) is 119 cm³/mol. The smallest absolute Gasteiger partial charge is 0.251 e. The van der Waals surface area contributed by atoms with Gasteiger partial charge < -0.3 is 16.0 Å². The minimum atomic E-state index is -0.0738. The fourth-order valence-corrected chi connectivity index (χ4v) is 2.47. The van der Waals surface area contributed by atoms with Gasteiger partial charge in [-0.2, -0.15) is 0 Å². The third-order valence-corrected chi connectivity index (χ3v) is 3.97. The van der Waals surface area contributed by atoms with Crippen LogP contribution in [-0.2, 0) is 13.0 Å². The average Bonchev–Trinajstić information content (AvgIpc) is 2.65. The van der Waals surface area contributed by atoms with Gasteiger partial charge in [-0.1, -0.05) is 35.9 Å². The van der Waals surface area contributed by atoms with Crippen molar-refractivity contribution in [3.05, 3.63) is 70.2 Å². The van der Waals surface area contributed by atoms with Gasteiger partial charge in [0.2, 0.25) is 0 Å². The molecular formula is C19H24ClIN4O. The van der Waals surface area contributed by atoms with E-state index in [1.807, 2.05) is 48.5 Å². The van der Waals surface area contributed by atoms with Crippen molar-refractivity contribution in [3.63, 3.8) is 0 Å². The molecule has 3 N–H and O–H groups in total. The molecule has 0 fully saturated rings. The van der Waals surface area contributed by atoms with Gasteiger partial charge in [0, 0.05) is 37.8 Å². The first kappa shape index (κ1) is 22.2. The van der Waals surface area contributed by atoms with Crippen LogP contribution >= 0.6 is 35.6 Å². The van der Waals surface area contributed by atoms with Gasteiger partial charge in [-0.3, -0.25) is 9.79 Å². The zero-order valence-electron chi connectivity index (χ0n) is 14.9. The summed E-state index contributed by atoms with van der Waals surface area (Å²) in [6.45, 7) is 1.39.